The normalized spacial score (nSPS) is 10.4. The number of carbonyl (C=O) groups is 2. The van der Waals surface area contributed by atoms with E-state index in [0.717, 1.165) is 17.0 Å². The average molecular weight is 378 g/mol. The number of rotatable bonds is 6. The van der Waals surface area contributed by atoms with Gasteiger partial charge in [-0.15, -0.1) is 0 Å². The molecule has 0 spiro atoms. The van der Waals surface area contributed by atoms with E-state index in [9.17, 15) is 9.59 Å². The van der Waals surface area contributed by atoms with Gasteiger partial charge in [0.2, 0.25) is 11.8 Å². The molecule has 0 saturated carbocycles. The van der Waals surface area contributed by atoms with Crippen molar-refractivity contribution in [1.82, 2.24) is 9.97 Å². The van der Waals surface area contributed by atoms with E-state index in [1.807, 2.05) is 43.3 Å². The quantitative estimate of drug-likeness (QED) is 0.507. The molecular formula is C20H18N4O2S. The van der Waals surface area contributed by atoms with Crippen LogP contribution in [-0.2, 0) is 4.79 Å². The van der Waals surface area contributed by atoms with Crippen LogP contribution < -0.4 is 11.1 Å². The van der Waals surface area contributed by atoms with Crippen LogP contribution in [0, 0.1) is 6.92 Å². The zero-order chi connectivity index (χ0) is 19.2. The molecule has 1 aromatic heterocycles. The smallest absolute Gasteiger partial charge is 0.248 e. The molecule has 3 aromatic rings. The fourth-order valence-corrected chi connectivity index (χ4v) is 3.11. The highest BCUT2D eigenvalue weighted by atomic mass is 32.2. The molecule has 0 fully saturated rings. The van der Waals surface area contributed by atoms with Crippen LogP contribution in [0.1, 0.15) is 16.1 Å². The molecule has 2 aromatic carbocycles. The fraction of sp³-hybridized carbons (Fsp3) is 0.100. The largest absolute Gasteiger partial charge is 0.366 e. The molecule has 0 radical (unpaired) electrons. The second-order valence-corrected chi connectivity index (χ2v) is 6.76. The number of hydrogen-bond donors (Lipinski definition) is 2. The standard InChI is InChI=1S/C20H18N4O2S/c1-13-11-17(14-5-3-2-4-6-14)24-20(22-13)27-12-18(25)23-16-9-7-15(8-10-16)19(21)26/h2-11H,12H2,1H3,(H2,21,26)(H,23,25). The number of nitrogens with two attached hydrogens (primary N) is 1. The fourth-order valence-electron chi connectivity index (χ4n) is 2.41. The number of hydrogen-bond acceptors (Lipinski definition) is 5. The van der Waals surface area contributed by atoms with E-state index in [4.69, 9.17) is 5.73 Å². The molecule has 6 nitrogen and oxygen atoms in total. The van der Waals surface area contributed by atoms with Crippen molar-refractivity contribution in [3.63, 3.8) is 0 Å². The topological polar surface area (TPSA) is 98.0 Å². The maximum atomic E-state index is 12.2. The number of aryl methyl sites for hydroxylation is 1. The lowest BCUT2D eigenvalue weighted by atomic mass is 10.1. The Hall–Kier alpha value is -3.19. The van der Waals surface area contributed by atoms with Crippen molar-refractivity contribution < 1.29 is 9.59 Å². The summed E-state index contributed by atoms with van der Waals surface area (Å²) < 4.78 is 0. The molecule has 3 N–H and O–H groups in total. The van der Waals surface area contributed by atoms with Crippen LogP contribution in [0.3, 0.4) is 0 Å². The summed E-state index contributed by atoms with van der Waals surface area (Å²) in [5.41, 5.74) is 8.86. The van der Waals surface area contributed by atoms with E-state index in [2.05, 4.69) is 15.3 Å². The summed E-state index contributed by atoms with van der Waals surface area (Å²) in [6.07, 6.45) is 0. The van der Waals surface area contributed by atoms with E-state index < -0.39 is 5.91 Å². The molecule has 0 atom stereocenters. The SMILES string of the molecule is Cc1cc(-c2ccccc2)nc(SCC(=O)Nc2ccc(C(N)=O)cc2)n1. The average Bonchev–Trinajstić information content (AvgIpc) is 2.67. The van der Waals surface area contributed by atoms with Crippen LogP contribution in [-0.4, -0.2) is 27.5 Å². The summed E-state index contributed by atoms with van der Waals surface area (Å²) >= 11 is 1.27. The van der Waals surface area contributed by atoms with Crippen LogP contribution in [0.2, 0.25) is 0 Å². The number of carbonyl (C=O) groups excluding carboxylic acids is 2. The van der Waals surface area contributed by atoms with Crippen molar-refractivity contribution in [2.24, 2.45) is 5.73 Å². The third kappa shape index (κ3) is 5.15. The molecule has 0 bridgehead atoms. The van der Waals surface area contributed by atoms with Gasteiger partial charge >= 0.3 is 0 Å². The molecule has 7 heteroatoms. The Morgan fingerprint density at radius 3 is 2.41 bits per heavy atom. The summed E-state index contributed by atoms with van der Waals surface area (Å²) in [5, 5.41) is 3.32. The second-order valence-electron chi connectivity index (χ2n) is 5.82. The Morgan fingerprint density at radius 1 is 1.04 bits per heavy atom. The summed E-state index contributed by atoms with van der Waals surface area (Å²) in [5.74, 6) is -0.512. The minimum absolute atomic E-state index is 0.176. The first-order valence-electron chi connectivity index (χ1n) is 8.25. The van der Waals surface area contributed by atoms with Gasteiger partial charge in [-0.2, -0.15) is 0 Å². The van der Waals surface area contributed by atoms with Crippen molar-refractivity contribution in [3.8, 4) is 11.3 Å². The summed E-state index contributed by atoms with van der Waals surface area (Å²) in [7, 11) is 0. The Morgan fingerprint density at radius 2 is 1.74 bits per heavy atom. The molecule has 0 aliphatic rings. The number of primary amides is 1. The molecule has 3 rings (SSSR count). The molecule has 2 amide bonds. The highest BCUT2D eigenvalue weighted by Gasteiger charge is 2.09. The van der Waals surface area contributed by atoms with Gasteiger partial charge in [-0.25, -0.2) is 9.97 Å². The second kappa shape index (κ2) is 8.46. The number of aromatic nitrogens is 2. The first kappa shape index (κ1) is 18.6. The maximum Gasteiger partial charge on any atom is 0.248 e. The van der Waals surface area contributed by atoms with Crippen LogP contribution in [0.4, 0.5) is 5.69 Å². The van der Waals surface area contributed by atoms with Gasteiger partial charge in [0, 0.05) is 22.5 Å². The summed E-state index contributed by atoms with van der Waals surface area (Å²) in [6.45, 7) is 1.90. The van der Waals surface area contributed by atoms with Crippen molar-refractivity contribution in [1.29, 1.82) is 0 Å². The van der Waals surface area contributed by atoms with Crippen LogP contribution in [0.5, 0.6) is 0 Å². The Balaban J connectivity index is 1.63. The predicted octanol–water partition coefficient (Wildman–Crippen LogP) is 3.28. The van der Waals surface area contributed by atoms with Gasteiger partial charge in [0.1, 0.15) is 0 Å². The van der Waals surface area contributed by atoms with E-state index in [-0.39, 0.29) is 11.7 Å². The van der Waals surface area contributed by atoms with Crippen molar-refractivity contribution >= 4 is 29.3 Å². The van der Waals surface area contributed by atoms with Crippen LogP contribution >= 0.6 is 11.8 Å². The van der Waals surface area contributed by atoms with Gasteiger partial charge < -0.3 is 11.1 Å². The lowest BCUT2D eigenvalue weighted by Gasteiger charge is -2.07. The van der Waals surface area contributed by atoms with Crippen molar-refractivity contribution in [2.45, 2.75) is 12.1 Å². The Bertz CT molecular complexity index is 959. The van der Waals surface area contributed by atoms with Crippen molar-refractivity contribution in [2.75, 3.05) is 11.1 Å². The molecule has 136 valence electrons. The molecule has 0 aliphatic heterocycles. The molecule has 27 heavy (non-hydrogen) atoms. The number of nitrogens with one attached hydrogen (secondary N) is 1. The molecule has 0 aliphatic carbocycles. The first-order chi connectivity index (χ1) is 13.0. The predicted molar refractivity (Wildman–Crippen MR) is 107 cm³/mol. The highest BCUT2D eigenvalue weighted by molar-refractivity contribution is 7.99. The van der Waals surface area contributed by atoms with Gasteiger partial charge in [-0.05, 0) is 37.3 Å². The van der Waals surface area contributed by atoms with E-state index in [0.29, 0.717) is 16.4 Å². The minimum Gasteiger partial charge on any atom is -0.366 e. The van der Waals surface area contributed by atoms with E-state index in [1.54, 1.807) is 24.3 Å². The number of benzene rings is 2. The summed E-state index contributed by atoms with van der Waals surface area (Å²) in [4.78, 5) is 32.2. The van der Waals surface area contributed by atoms with Gasteiger partial charge in [0.25, 0.3) is 0 Å². The lowest BCUT2D eigenvalue weighted by molar-refractivity contribution is -0.113. The Kier molecular flexibility index (Phi) is 5.83. The summed E-state index contributed by atoms with van der Waals surface area (Å²) in [6, 6.07) is 18.2. The van der Waals surface area contributed by atoms with Gasteiger partial charge in [0.15, 0.2) is 5.16 Å². The number of anilines is 1. The third-order valence-electron chi connectivity index (χ3n) is 3.69. The minimum atomic E-state index is -0.505. The van der Waals surface area contributed by atoms with Crippen molar-refractivity contribution in [3.05, 3.63) is 71.9 Å². The molecular weight excluding hydrogens is 360 g/mol. The lowest BCUT2D eigenvalue weighted by Crippen LogP contribution is -2.15. The Labute approximate surface area is 161 Å². The third-order valence-corrected chi connectivity index (χ3v) is 4.54. The first-order valence-corrected chi connectivity index (χ1v) is 9.23. The molecule has 0 unspecified atom stereocenters. The van der Waals surface area contributed by atoms with Crippen LogP contribution in [0.25, 0.3) is 11.3 Å². The highest BCUT2D eigenvalue weighted by Crippen LogP contribution is 2.21. The zero-order valence-corrected chi connectivity index (χ0v) is 15.5. The number of amides is 2. The van der Waals surface area contributed by atoms with Gasteiger partial charge in [-0.1, -0.05) is 42.1 Å². The zero-order valence-electron chi connectivity index (χ0n) is 14.7. The monoisotopic (exact) mass is 378 g/mol. The molecule has 0 saturated heterocycles. The van der Waals surface area contributed by atoms with Gasteiger partial charge in [0.05, 0.1) is 11.4 Å². The number of nitrogens with zero attached hydrogens (tertiary/aromatic N) is 2. The van der Waals surface area contributed by atoms with E-state index in [1.165, 1.54) is 11.8 Å². The number of thioether (sulfide) groups is 1. The van der Waals surface area contributed by atoms with Gasteiger partial charge in [-0.3, -0.25) is 9.59 Å². The maximum absolute atomic E-state index is 12.2. The molecule has 1 heterocycles. The van der Waals surface area contributed by atoms with Crippen LogP contribution in [0.15, 0.2) is 65.8 Å². The van der Waals surface area contributed by atoms with E-state index >= 15 is 0 Å².